The lowest BCUT2D eigenvalue weighted by Gasteiger charge is -2.05. The molecule has 0 atom stereocenters. The molecular weight excluding hydrogens is 130 g/mol. The quantitative estimate of drug-likeness (QED) is 0.553. The summed E-state index contributed by atoms with van der Waals surface area (Å²) in [6.07, 6.45) is 0.435. The molecule has 1 heterocycles. The number of aromatic nitrogens is 1. The van der Waals surface area contributed by atoms with Crippen LogP contribution in [0.5, 0.6) is 0 Å². The standard InChI is InChI=1S/C7H11NO2/c1-5-3-4-8(2)6(5)7(9)10/h3-4,7,9-10H,1-2H3. The monoisotopic (exact) mass is 141 g/mol. The van der Waals surface area contributed by atoms with E-state index in [4.69, 9.17) is 10.2 Å². The third-order valence-electron chi connectivity index (χ3n) is 1.58. The number of nitrogens with zero attached hydrogens (tertiary/aromatic N) is 1. The number of aryl methyl sites for hydroxylation is 2. The van der Waals surface area contributed by atoms with Gasteiger partial charge in [-0.1, -0.05) is 0 Å². The summed E-state index contributed by atoms with van der Waals surface area (Å²) in [5.74, 6) is 0. The maximum absolute atomic E-state index is 8.81. The second kappa shape index (κ2) is 2.44. The SMILES string of the molecule is Cc1ccn(C)c1C(O)O. The van der Waals surface area contributed by atoms with Crippen LogP contribution in [0, 0.1) is 6.92 Å². The Labute approximate surface area is 59.5 Å². The molecule has 0 aliphatic heterocycles. The van der Waals surface area contributed by atoms with E-state index in [-0.39, 0.29) is 0 Å². The molecule has 10 heavy (non-hydrogen) atoms. The second-order valence-electron chi connectivity index (χ2n) is 2.37. The maximum atomic E-state index is 8.81. The first kappa shape index (κ1) is 7.31. The van der Waals surface area contributed by atoms with Crippen molar-refractivity contribution in [3.05, 3.63) is 23.5 Å². The van der Waals surface area contributed by atoms with E-state index in [2.05, 4.69) is 0 Å². The lowest BCUT2D eigenvalue weighted by molar-refractivity contribution is -0.0482. The normalized spacial score (nSPS) is 10.9. The van der Waals surface area contributed by atoms with Gasteiger partial charge in [0.2, 0.25) is 0 Å². The van der Waals surface area contributed by atoms with Crippen molar-refractivity contribution in [2.75, 3.05) is 0 Å². The molecule has 0 fully saturated rings. The summed E-state index contributed by atoms with van der Waals surface area (Å²) in [6.45, 7) is 1.84. The van der Waals surface area contributed by atoms with E-state index in [1.165, 1.54) is 0 Å². The molecule has 0 spiro atoms. The Morgan fingerprint density at radius 1 is 1.50 bits per heavy atom. The molecule has 0 radical (unpaired) electrons. The molecule has 0 aliphatic carbocycles. The predicted octanol–water partition coefficient (Wildman–Crippen LogP) is 0.317. The molecule has 1 rings (SSSR count). The van der Waals surface area contributed by atoms with Crippen LogP contribution in [0.2, 0.25) is 0 Å². The van der Waals surface area contributed by atoms with Crippen molar-refractivity contribution in [1.82, 2.24) is 4.57 Å². The first-order valence-corrected chi connectivity index (χ1v) is 3.11. The summed E-state index contributed by atoms with van der Waals surface area (Å²) in [7, 11) is 1.78. The number of aliphatic hydroxyl groups excluding tert-OH is 1. The van der Waals surface area contributed by atoms with Gasteiger partial charge in [0.25, 0.3) is 0 Å². The molecule has 0 aliphatic rings. The minimum absolute atomic E-state index is 0.556. The highest BCUT2D eigenvalue weighted by Gasteiger charge is 2.08. The molecule has 0 aromatic carbocycles. The van der Waals surface area contributed by atoms with Crippen molar-refractivity contribution < 1.29 is 10.2 Å². The average molecular weight is 141 g/mol. The highest BCUT2D eigenvalue weighted by molar-refractivity contribution is 5.20. The van der Waals surface area contributed by atoms with Gasteiger partial charge in [-0.2, -0.15) is 0 Å². The molecule has 3 heteroatoms. The van der Waals surface area contributed by atoms with Crippen molar-refractivity contribution in [1.29, 1.82) is 0 Å². The number of rotatable bonds is 1. The van der Waals surface area contributed by atoms with E-state index in [0.717, 1.165) is 5.56 Å². The van der Waals surface area contributed by atoms with Crippen LogP contribution in [-0.2, 0) is 7.05 Å². The zero-order chi connectivity index (χ0) is 7.72. The first-order chi connectivity index (χ1) is 4.63. The van der Waals surface area contributed by atoms with Crippen molar-refractivity contribution >= 4 is 0 Å². The molecule has 1 aromatic rings. The van der Waals surface area contributed by atoms with E-state index in [1.54, 1.807) is 17.8 Å². The lowest BCUT2D eigenvalue weighted by atomic mass is 10.3. The van der Waals surface area contributed by atoms with E-state index in [1.807, 2.05) is 13.0 Å². The second-order valence-corrected chi connectivity index (χ2v) is 2.37. The molecule has 0 bridgehead atoms. The van der Waals surface area contributed by atoms with Gasteiger partial charge in [-0.25, -0.2) is 0 Å². The fourth-order valence-electron chi connectivity index (χ4n) is 1.05. The molecule has 1 aromatic heterocycles. The van der Waals surface area contributed by atoms with Crippen molar-refractivity contribution in [3.8, 4) is 0 Å². The van der Waals surface area contributed by atoms with Gasteiger partial charge >= 0.3 is 0 Å². The van der Waals surface area contributed by atoms with E-state index < -0.39 is 6.29 Å². The molecule has 56 valence electrons. The zero-order valence-electron chi connectivity index (χ0n) is 6.07. The fourth-order valence-corrected chi connectivity index (χ4v) is 1.05. The minimum Gasteiger partial charge on any atom is -0.363 e. The van der Waals surface area contributed by atoms with Crippen LogP contribution in [0.1, 0.15) is 17.5 Å². The Kier molecular flexibility index (Phi) is 1.78. The predicted molar refractivity (Wildman–Crippen MR) is 37.3 cm³/mol. The molecule has 3 nitrogen and oxygen atoms in total. The highest BCUT2D eigenvalue weighted by atomic mass is 16.5. The Morgan fingerprint density at radius 3 is 2.30 bits per heavy atom. The summed E-state index contributed by atoms with van der Waals surface area (Å²) < 4.78 is 1.69. The van der Waals surface area contributed by atoms with Crippen LogP contribution < -0.4 is 0 Å². The molecular formula is C7H11NO2. The minimum atomic E-state index is -1.36. The number of aliphatic hydroxyl groups is 2. The molecule has 0 amide bonds. The van der Waals surface area contributed by atoms with Gasteiger partial charge in [0.05, 0.1) is 5.69 Å². The smallest absolute Gasteiger partial charge is 0.194 e. The molecule has 0 saturated carbocycles. The highest BCUT2D eigenvalue weighted by Crippen LogP contribution is 2.14. The zero-order valence-corrected chi connectivity index (χ0v) is 6.07. The largest absolute Gasteiger partial charge is 0.363 e. The van der Waals surface area contributed by atoms with Crippen LogP contribution in [0.25, 0.3) is 0 Å². The maximum Gasteiger partial charge on any atom is 0.194 e. The number of hydrogen-bond donors (Lipinski definition) is 2. The van der Waals surface area contributed by atoms with Crippen LogP contribution in [0.3, 0.4) is 0 Å². The summed E-state index contributed by atoms with van der Waals surface area (Å²) in [4.78, 5) is 0. The third kappa shape index (κ3) is 1.05. The summed E-state index contributed by atoms with van der Waals surface area (Å²) in [5.41, 5.74) is 1.46. The summed E-state index contributed by atoms with van der Waals surface area (Å²) >= 11 is 0. The Morgan fingerprint density at radius 2 is 2.10 bits per heavy atom. The van der Waals surface area contributed by atoms with Crippen LogP contribution in [0.15, 0.2) is 12.3 Å². The summed E-state index contributed by atoms with van der Waals surface area (Å²) in [6, 6.07) is 1.84. The van der Waals surface area contributed by atoms with Gasteiger partial charge in [-0.05, 0) is 18.6 Å². The molecule has 2 N–H and O–H groups in total. The van der Waals surface area contributed by atoms with E-state index >= 15 is 0 Å². The van der Waals surface area contributed by atoms with Gasteiger partial charge in [0, 0.05) is 13.2 Å². The van der Waals surface area contributed by atoms with Crippen LogP contribution >= 0.6 is 0 Å². The van der Waals surface area contributed by atoms with E-state index in [9.17, 15) is 0 Å². The third-order valence-corrected chi connectivity index (χ3v) is 1.58. The van der Waals surface area contributed by atoms with Gasteiger partial charge in [0.15, 0.2) is 6.29 Å². The Balaban J connectivity index is 3.10. The van der Waals surface area contributed by atoms with Crippen LogP contribution in [-0.4, -0.2) is 14.8 Å². The van der Waals surface area contributed by atoms with Crippen molar-refractivity contribution in [2.45, 2.75) is 13.2 Å². The van der Waals surface area contributed by atoms with Crippen molar-refractivity contribution in [2.24, 2.45) is 7.05 Å². The topological polar surface area (TPSA) is 45.4 Å². The Bertz CT molecular complexity index is 208. The van der Waals surface area contributed by atoms with Gasteiger partial charge in [0.1, 0.15) is 0 Å². The average Bonchev–Trinajstić information content (AvgIpc) is 2.11. The van der Waals surface area contributed by atoms with Gasteiger partial charge in [-0.15, -0.1) is 0 Å². The van der Waals surface area contributed by atoms with Gasteiger partial charge in [-0.3, -0.25) is 0 Å². The fraction of sp³-hybridized carbons (Fsp3) is 0.429. The molecule has 0 unspecified atom stereocenters. The lowest BCUT2D eigenvalue weighted by Crippen LogP contribution is -2.03. The molecule has 0 saturated heterocycles. The number of hydrogen-bond acceptors (Lipinski definition) is 2. The summed E-state index contributed by atoms with van der Waals surface area (Å²) in [5, 5.41) is 17.6. The van der Waals surface area contributed by atoms with Crippen molar-refractivity contribution in [3.63, 3.8) is 0 Å². The Hall–Kier alpha value is -0.800. The van der Waals surface area contributed by atoms with Crippen LogP contribution in [0.4, 0.5) is 0 Å². The van der Waals surface area contributed by atoms with E-state index in [0.29, 0.717) is 5.69 Å². The van der Waals surface area contributed by atoms with Gasteiger partial charge < -0.3 is 14.8 Å². The first-order valence-electron chi connectivity index (χ1n) is 3.11.